The number of rotatable bonds is 4. The molecule has 16 heavy (non-hydrogen) atoms. The molecule has 1 aromatic rings. The van der Waals surface area contributed by atoms with Crippen LogP contribution in [0.4, 0.5) is 0 Å². The Balaban J connectivity index is 0.00000225. The van der Waals surface area contributed by atoms with E-state index in [1.54, 1.807) is 12.1 Å². The minimum atomic E-state index is -0.138. The Kier molecular flexibility index (Phi) is 6.74. The van der Waals surface area contributed by atoms with Crippen molar-refractivity contribution < 1.29 is 9.84 Å². The average Bonchev–Trinajstić information content (AvgIpc) is 2.22. The molecule has 0 amide bonds. The predicted octanol–water partition coefficient (Wildman–Crippen LogP) is 1.93. The predicted molar refractivity (Wildman–Crippen MR) is 70.2 cm³/mol. The van der Waals surface area contributed by atoms with Crippen LogP contribution in [0.15, 0.2) is 16.6 Å². The first-order chi connectivity index (χ1) is 7.10. The van der Waals surface area contributed by atoms with Gasteiger partial charge in [0.25, 0.3) is 0 Å². The van der Waals surface area contributed by atoms with Crippen LogP contribution in [-0.2, 0) is 0 Å². The lowest BCUT2D eigenvalue weighted by molar-refractivity contribution is 0.371. The number of phenolic OH excluding ortho intramolecular Hbond substituents is 1. The summed E-state index contributed by atoms with van der Waals surface area (Å²) in [6.07, 6.45) is 0.695. The minimum Gasteiger partial charge on any atom is -0.503 e. The van der Waals surface area contributed by atoms with E-state index in [0.29, 0.717) is 23.2 Å². The fourth-order valence-electron chi connectivity index (χ4n) is 1.31. The van der Waals surface area contributed by atoms with Gasteiger partial charge in [-0.15, -0.1) is 12.4 Å². The summed E-state index contributed by atoms with van der Waals surface area (Å²) in [5.41, 5.74) is 12.2. The van der Waals surface area contributed by atoms with E-state index >= 15 is 0 Å². The van der Waals surface area contributed by atoms with Crippen molar-refractivity contribution in [2.24, 2.45) is 11.5 Å². The van der Waals surface area contributed by atoms with Crippen LogP contribution in [0.1, 0.15) is 18.0 Å². The van der Waals surface area contributed by atoms with Gasteiger partial charge < -0.3 is 21.3 Å². The van der Waals surface area contributed by atoms with Crippen LogP contribution in [-0.4, -0.2) is 18.8 Å². The van der Waals surface area contributed by atoms with Gasteiger partial charge in [0.1, 0.15) is 0 Å². The van der Waals surface area contributed by atoms with Gasteiger partial charge in [0.2, 0.25) is 0 Å². The molecule has 4 nitrogen and oxygen atoms in total. The molecule has 0 heterocycles. The lowest BCUT2D eigenvalue weighted by Crippen LogP contribution is -2.15. The number of ether oxygens (including phenoxy) is 1. The summed E-state index contributed by atoms with van der Waals surface area (Å²) in [5, 5.41) is 9.60. The second-order valence-corrected chi connectivity index (χ2v) is 4.09. The van der Waals surface area contributed by atoms with Crippen LogP contribution < -0.4 is 16.2 Å². The largest absolute Gasteiger partial charge is 0.503 e. The van der Waals surface area contributed by atoms with Gasteiger partial charge in [-0.25, -0.2) is 0 Å². The summed E-state index contributed by atoms with van der Waals surface area (Å²) in [6, 6.07) is 3.36. The summed E-state index contributed by atoms with van der Waals surface area (Å²) in [7, 11) is 1.50. The van der Waals surface area contributed by atoms with Crippen LogP contribution in [0.3, 0.4) is 0 Å². The minimum absolute atomic E-state index is 0. The van der Waals surface area contributed by atoms with Crippen molar-refractivity contribution in [1.82, 2.24) is 0 Å². The molecule has 0 aromatic heterocycles. The topological polar surface area (TPSA) is 81.5 Å². The standard InChI is InChI=1S/C10H15BrN2O2.ClH/c1-15-9-5-6(8(13)2-3-12)4-7(11)10(9)14;/h4-5,8,14H,2-3,12-13H2,1H3;1H/t8-;/m1./s1. The molecule has 6 heteroatoms. The highest BCUT2D eigenvalue weighted by Gasteiger charge is 2.12. The quantitative estimate of drug-likeness (QED) is 0.793. The normalized spacial score (nSPS) is 11.8. The molecular formula is C10H16BrClN2O2. The molecule has 1 rings (SSSR count). The van der Waals surface area contributed by atoms with Crippen LogP contribution in [0.2, 0.25) is 0 Å². The molecule has 0 aliphatic carbocycles. The first-order valence-corrected chi connectivity index (χ1v) is 5.41. The van der Waals surface area contributed by atoms with Gasteiger partial charge in [-0.05, 0) is 46.6 Å². The molecule has 0 aliphatic rings. The van der Waals surface area contributed by atoms with E-state index in [1.165, 1.54) is 7.11 Å². The lowest BCUT2D eigenvalue weighted by atomic mass is 10.0. The molecule has 0 unspecified atom stereocenters. The van der Waals surface area contributed by atoms with Crippen molar-refractivity contribution in [3.8, 4) is 11.5 Å². The van der Waals surface area contributed by atoms with E-state index in [2.05, 4.69) is 15.9 Å². The Morgan fingerprint density at radius 2 is 2.12 bits per heavy atom. The second kappa shape index (κ2) is 6.96. The summed E-state index contributed by atoms with van der Waals surface area (Å²) in [4.78, 5) is 0. The number of methoxy groups -OCH3 is 1. The van der Waals surface area contributed by atoms with Gasteiger partial charge in [-0.1, -0.05) is 0 Å². The Hall–Kier alpha value is -0.490. The van der Waals surface area contributed by atoms with E-state index < -0.39 is 0 Å². The number of nitrogens with two attached hydrogens (primary N) is 2. The fraction of sp³-hybridized carbons (Fsp3) is 0.400. The molecule has 92 valence electrons. The van der Waals surface area contributed by atoms with Gasteiger partial charge in [-0.3, -0.25) is 0 Å². The second-order valence-electron chi connectivity index (χ2n) is 3.24. The summed E-state index contributed by atoms with van der Waals surface area (Å²) in [6.45, 7) is 0.530. The Labute approximate surface area is 109 Å². The van der Waals surface area contributed by atoms with Crippen molar-refractivity contribution in [3.05, 3.63) is 22.2 Å². The molecule has 0 saturated carbocycles. The van der Waals surface area contributed by atoms with E-state index in [0.717, 1.165) is 5.56 Å². The maximum Gasteiger partial charge on any atom is 0.172 e. The summed E-state index contributed by atoms with van der Waals surface area (Å²) >= 11 is 3.24. The van der Waals surface area contributed by atoms with E-state index in [9.17, 15) is 5.11 Å². The third-order valence-corrected chi connectivity index (χ3v) is 2.78. The van der Waals surface area contributed by atoms with E-state index in [4.69, 9.17) is 16.2 Å². The van der Waals surface area contributed by atoms with Crippen LogP contribution in [0.25, 0.3) is 0 Å². The Morgan fingerprint density at radius 3 is 2.62 bits per heavy atom. The third-order valence-electron chi connectivity index (χ3n) is 2.18. The van der Waals surface area contributed by atoms with Crippen LogP contribution >= 0.6 is 28.3 Å². The van der Waals surface area contributed by atoms with Crippen molar-refractivity contribution in [3.63, 3.8) is 0 Å². The first kappa shape index (κ1) is 15.5. The molecule has 0 fully saturated rings. The molecule has 0 bridgehead atoms. The molecule has 0 aliphatic heterocycles. The molecule has 5 N–H and O–H groups in total. The molecule has 0 saturated heterocycles. The maximum atomic E-state index is 9.60. The Bertz CT molecular complexity index is 350. The summed E-state index contributed by atoms with van der Waals surface area (Å²) < 4.78 is 5.60. The fourth-order valence-corrected chi connectivity index (χ4v) is 1.77. The zero-order chi connectivity index (χ0) is 11.4. The first-order valence-electron chi connectivity index (χ1n) is 4.62. The lowest BCUT2D eigenvalue weighted by Gasteiger charge is -2.14. The highest BCUT2D eigenvalue weighted by molar-refractivity contribution is 9.10. The van der Waals surface area contributed by atoms with Crippen LogP contribution in [0, 0.1) is 0 Å². The maximum absolute atomic E-state index is 9.60. The van der Waals surface area contributed by atoms with E-state index in [1.807, 2.05) is 0 Å². The highest BCUT2D eigenvalue weighted by atomic mass is 79.9. The number of hydrogen-bond acceptors (Lipinski definition) is 4. The highest BCUT2D eigenvalue weighted by Crippen LogP contribution is 2.36. The van der Waals surface area contributed by atoms with Gasteiger partial charge in [0.05, 0.1) is 11.6 Å². The van der Waals surface area contributed by atoms with Crippen molar-refractivity contribution >= 4 is 28.3 Å². The number of aromatic hydroxyl groups is 1. The van der Waals surface area contributed by atoms with Crippen LogP contribution in [0.5, 0.6) is 11.5 Å². The van der Waals surface area contributed by atoms with Crippen molar-refractivity contribution in [2.75, 3.05) is 13.7 Å². The van der Waals surface area contributed by atoms with Crippen molar-refractivity contribution in [2.45, 2.75) is 12.5 Å². The monoisotopic (exact) mass is 310 g/mol. The number of halogens is 2. The van der Waals surface area contributed by atoms with Gasteiger partial charge >= 0.3 is 0 Å². The molecule has 0 radical (unpaired) electrons. The van der Waals surface area contributed by atoms with Gasteiger partial charge in [0, 0.05) is 6.04 Å². The third kappa shape index (κ3) is 3.52. The number of phenols is 1. The van der Waals surface area contributed by atoms with Gasteiger partial charge in [0.15, 0.2) is 11.5 Å². The van der Waals surface area contributed by atoms with Gasteiger partial charge in [-0.2, -0.15) is 0 Å². The zero-order valence-electron chi connectivity index (χ0n) is 8.94. The average molecular weight is 312 g/mol. The van der Waals surface area contributed by atoms with E-state index in [-0.39, 0.29) is 24.2 Å². The molecule has 0 spiro atoms. The molecule has 1 aromatic carbocycles. The zero-order valence-corrected chi connectivity index (χ0v) is 11.3. The number of hydrogen-bond donors (Lipinski definition) is 3. The smallest absolute Gasteiger partial charge is 0.172 e. The SMILES string of the molecule is COc1cc([C@H](N)CCN)cc(Br)c1O.Cl. The molecular weight excluding hydrogens is 295 g/mol. The number of benzene rings is 1. The summed E-state index contributed by atoms with van der Waals surface area (Å²) in [5.74, 6) is 0.494. The molecule has 1 atom stereocenters. The Morgan fingerprint density at radius 1 is 1.50 bits per heavy atom. The van der Waals surface area contributed by atoms with Crippen molar-refractivity contribution in [1.29, 1.82) is 0 Å².